The van der Waals surface area contributed by atoms with Crippen LogP contribution in [0.1, 0.15) is 41.5 Å². The molecule has 1 aliphatic heterocycles. The van der Waals surface area contributed by atoms with Crippen LogP contribution in [0.3, 0.4) is 0 Å². The molecule has 0 amide bonds. The summed E-state index contributed by atoms with van der Waals surface area (Å²) >= 11 is 6.14. The van der Waals surface area contributed by atoms with E-state index in [4.69, 9.17) is 21.1 Å². The second-order valence-corrected chi connectivity index (χ2v) is 5.08. The molecule has 1 saturated heterocycles. The summed E-state index contributed by atoms with van der Waals surface area (Å²) < 4.78 is 12.1. The number of esters is 1. The fourth-order valence-corrected chi connectivity index (χ4v) is 2.61. The summed E-state index contributed by atoms with van der Waals surface area (Å²) in [5, 5.41) is 8.59. The van der Waals surface area contributed by atoms with E-state index >= 15 is 0 Å². The van der Waals surface area contributed by atoms with Gasteiger partial charge in [0.1, 0.15) is 6.10 Å². The second-order valence-electron chi connectivity index (χ2n) is 4.68. The van der Waals surface area contributed by atoms with Gasteiger partial charge < -0.3 is 9.47 Å². The summed E-state index contributed by atoms with van der Waals surface area (Å²) in [7, 11) is 1.33. The van der Waals surface area contributed by atoms with Crippen molar-refractivity contribution >= 4 is 23.2 Å². The first kappa shape index (κ1) is 13.3. The van der Waals surface area contributed by atoms with Crippen LogP contribution in [0, 0.1) is 0 Å². The molecule has 2 aromatic rings. The molecule has 3 rings (SSSR count). The third-order valence-corrected chi connectivity index (χ3v) is 3.65. The number of ether oxygens (including phenoxy) is 2. The maximum atomic E-state index is 11.7. The average molecular weight is 296 g/mol. The van der Waals surface area contributed by atoms with Gasteiger partial charge in [-0.25, -0.2) is 4.79 Å². The van der Waals surface area contributed by atoms with Crippen molar-refractivity contribution in [2.24, 2.45) is 0 Å². The molecule has 6 nitrogen and oxygen atoms in total. The zero-order valence-electron chi connectivity index (χ0n) is 11.0. The van der Waals surface area contributed by atoms with E-state index in [9.17, 15) is 4.79 Å². The Hall–Kier alpha value is -1.66. The van der Waals surface area contributed by atoms with Gasteiger partial charge in [-0.3, -0.25) is 4.40 Å². The molecule has 0 spiro atoms. The zero-order chi connectivity index (χ0) is 14.1. The van der Waals surface area contributed by atoms with Gasteiger partial charge in [-0.05, 0) is 25.3 Å². The molecule has 0 radical (unpaired) electrons. The molecule has 0 aromatic carbocycles. The molecule has 3 heterocycles. The van der Waals surface area contributed by atoms with Crippen LogP contribution in [-0.2, 0) is 9.47 Å². The van der Waals surface area contributed by atoms with E-state index in [1.807, 2.05) is 0 Å². The van der Waals surface area contributed by atoms with Crippen LogP contribution in [0.2, 0.25) is 5.02 Å². The molecule has 2 aromatic heterocycles. The van der Waals surface area contributed by atoms with Crippen LogP contribution >= 0.6 is 11.6 Å². The number of halogens is 1. The number of carbonyl (C=O) groups is 1. The van der Waals surface area contributed by atoms with E-state index in [0.29, 0.717) is 28.7 Å². The Morgan fingerprint density at radius 1 is 1.50 bits per heavy atom. The largest absolute Gasteiger partial charge is 0.465 e. The van der Waals surface area contributed by atoms with Crippen molar-refractivity contribution in [1.29, 1.82) is 0 Å². The lowest BCUT2D eigenvalue weighted by atomic mass is 10.1. The minimum atomic E-state index is -0.446. The lowest BCUT2D eigenvalue weighted by Crippen LogP contribution is -2.15. The van der Waals surface area contributed by atoms with Crippen LogP contribution in [-0.4, -0.2) is 34.3 Å². The van der Waals surface area contributed by atoms with Crippen LogP contribution in [0.4, 0.5) is 0 Å². The quantitative estimate of drug-likeness (QED) is 0.796. The molecule has 7 heteroatoms. The Labute approximate surface area is 120 Å². The molecule has 1 aliphatic rings. The van der Waals surface area contributed by atoms with E-state index in [2.05, 4.69) is 10.2 Å². The normalized spacial score (nSPS) is 19.2. The summed E-state index contributed by atoms with van der Waals surface area (Å²) in [5.41, 5.74) is 0.880. The molecule has 0 N–H and O–H groups in total. The van der Waals surface area contributed by atoms with Gasteiger partial charge in [0.25, 0.3) is 0 Å². The summed E-state index contributed by atoms with van der Waals surface area (Å²) in [6.07, 6.45) is 4.56. The first-order valence-electron chi connectivity index (χ1n) is 6.45. The van der Waals surface area contributed by atoms with Crippen molar-refractivity contribution in [3.63, 3.8) is 0 Å². The predicted molar refractivity (Wildman–Crippen MR) is 71.9 cm³/mol. The lowest BCUT2D eigenvalue weighted by Gasteiger charge is -2.21. The first-order valence-corrected chi connectivity index (χ1v) is 6.82. The Balaban J connectivity index is 2.09. The summed E-state index contributed by atoms with van der Waals surface area (Å²) in [6.45, 7) is 0.712. The number of fused-ring (bicyclic) bond motifs is 1. The van der Waals surface area contributed by atoms with Crippen molar-refractivity contribution in [3.8, 4) is 0 Å². The zero-order valence-corrected chi connectivity index (χ0v) is 11.8. The number of carbonyl (C=O) groups excluding carboxylic acids is 1. The van der Waals surface area contributed by atoms with Gasteiger partial charge >= 0.3 is 5.97 Å². The average Bonchev–Trinajstić information content (AvgIpc) is 2.91. The highest BCUT2D eigenvalue weighted by Crippen LogP contribution is 2.28. The standard InChI is InChI=1S/C13H14ClN3O3/c1-19-13(18)8-6-9(14)11-15-16-12(17(11)7-8)10-4-2-3-5-20-10/h6-7,10H,2-5H2,1H3. The van der Waals surface area contributed by atoms with E-state index in [0.717, 1.165) is 19.3 Å². The minimum Gasteiger partial charge on any atom is -0.465 e. The Bertz CT molecular complexity index is 650. The molecule has 20 heavy (non-hydrogen) atoms. The summed E-state index contributed by atoms with van der Waals surface area (Å²) in [4.78, 5) is 11.7. The van der Waals surface area contributed by atoms with Crippen molar-refractivity contribution < 1.29 is 14.3 Å². The van der Waals surface area contributed by atoms with Crippen LogP contribution < -0.4 is 0 Å². The Kier molecular flexibility index (Phi) is 3.58. The molecular weight excluding hydrogens is 282 g/mol. The van der Waals surface area contributed by atoms with Crippen LogP contribution in [0.5, 0.6) is 0 Å². The predicted octanol–water partition coefficient (Wildman–Crippen LogP) is 2.41. The highest BCUT2D eigenvalue weighted by Gasteiger charge is 2.23. The maximum absolute atomic E-state index is 11.7. The molecule has 1 unspecified atom stereocenters. The van der Waals surface area contributed by atoms with Gasteiger partial charge in [0.05, 0.1) is 17.7 Å². The summed E-state index contributed by atoms with van der Waals surface area (Å²) in [5.74, 6) is 0.227. The van der Waals surface area contributed by atoms with Gasteiger partial charge in [0.15, 0.2) is 11.5 Å². The first-order chi connectivity index (χ1) is 9.70. The van der Waals surface area contributed by atoms with Gasteiger partial charge in [-0.1, -0.05) is 11.6 Å². The number of methoxy groups -OCH3 is 1. The topological polar surface area (TPSA) is 65.7 Å². The van der Waals surface area contributed by atoms with E-state index in [1.54, 1.807) is 10.6 Å². The minimum absolute atomic E-state index is 0.109. The fraction of sp³-hybridized carbons (Fsp3) is 0.462. The van der Waals surface area contributed by atoms with E-state index in [1.165, 1.54) is 13.2 Å². The third kappa shape index (κ3) is 2.25. The lowest BCUT2D eigenvalue weighted by molar-refractivity contribution is 0.00883. The molecule has 106 valence electrons. The monoisotopic (exact) mass is 295 g/mol. The number of hydrogen-bond donors (Lipinski definition) is 0. The number of pyridine rings is 1. The highest BCUT2D eigenvalue weighted by molar-refractivity contribution is 6.33. The van der Waals surface area contributed by atoms with E-state index in [-0.39, 0.29) is 6.10 Å². The molecule has 1 atom stereocenters. The highest BCUT2D eigenvalue weighted by atomic mass is 35.5. The van der Waals surface area contributed by atoms with Gasteiger partial charge in [0.2, 0.25) is 0 Å². The third-order valence-electron chi connectivity index (χ3n) is 3.37. The Morgan fingerprint density at radius 2 is 2.35 bits per heavy atom. The molecule has 1 fully saturated rings. The Morgan fingerprint density at radius 3 is 3.05 bits per heavy atom. The molecule has 0 aliphatic carbocycles. The smallest absolute Gasteiger partial charge is 0.339 e. The van der Waals surface area contributed by atoms with Crippen molar-refractivity contribution in [2.45, 2.75) is 25.4 Å². The second kappa shape index (κ2) is 5.38. The van der Waals surface area contributed by atoms with Crippen LogP contribution in [0.25, 0.3) is 5.65 Å². The summed E-state index contributed by atoms with van der Waals surface area (Å²) in [6, 6.07) is 1.53. The van der Waals surface area contributed by atoms with Crippen LogP contribution in [0.15, 0.2) is 12.3 Å². The van der Waals surface area contributed by atoms with Crippen molar-refractivity contribution in [2.75, 3.05) is 13.7 Å². The van der Waals surface area contributed by atoms with Crippen molar-refractivity contribution in [1.82, 2.24) is 14.6 Å². The van der Waals surface area contributed by atoms with E-state index < -0.39 is 5.97 Å². The van der Waals surface area contributed by atoms with Gasteiger partial charge in [0, 0.05) is 12.8 Å². The maximum Gasteiger partial charge on any atom is 0.339 e. The molecule has 0 saturated carbocycles. The number of aromatic nitrogens is 3. The van der Waals surface area contributed by atoms with Gasteiger partial charge in [-0.15, -0.1) is 10.2 Å². The number of nitrogens with zero attached hydrogens (tertiary/aromatic N) is 3. The molecular formula is C13H14ClN3O3. The number of rotatable bonds is 2. The molecule has 0 bridgehead atoms. The van der Waals surface area contributed by atoms with Gasteiger partial charge in [-0.2, -0.15) is 0 Å². The van der Waals surface area contributed by atoms with Crippen molar-refractivity contribution in [3.05, 3.63) is 28.7 Å². The number of hydrogen-bond acceptors (Lipinski definition) is 5. The SMILES string of the molecule is COC(=O)c1cc(Cl)c2nnc(C3CCCCO3)n2c1. The fourth-order valence-electron chi connectivity index (χ4n) is 2.36.